The van der Waals surface area contributed by atoms with E-state index in [-0.39, 0.29) is 12.2 Å². The molecule has 1 aromatic carbocycles. The number of hydrogen-bond acceptors (Lipinski definition) is 6. The summed E-state index contributed by atoms with van der Waals surface area (Å²) in [5.41, 5.74) is 1.57. The highest BCUT2D eigenvalue weighted by Crippen LogP contribution is 2.32. The predicted octanol–water partition coefficient (Wildman–Crippen LogP) is 3.77. The van der Waals surface area contributed by atoms with Crippen LogP contribution in [0.25, 0.3) is 21.3 Å². The van der Waals surface area contributed by atoms with Crippen molar-refractivity contribution >= 4 is 33.2 Å². The Bertz CT molecular complexity index is 1020. The minimum absolute atomic E-state index is 0.164. The highest BCUT2D eigenvalue weighted by atomic mass is 35.5. The SMILES string of the molecule is COCC(O)CN(Cc1nc2scc(-c3cccc(Cl)c3)c2c(=O)[nH]1)CC(C)C. The normalized spacial score (nSPS) is 12.9. The Kier molecular flexibility index (Phi) is 7.43. The van der Waals surface area contributed by atoms with Gasteiger partial charge in [0.25, 0.3) is 5.56 Å². The standard InChI is InChI=1S/C21H26ClN3O3S/c1-13(2)8-25(9-16(26)11-28-3)10-18-23-20(27)19-17(12-29-21(19)24-18)14-5-4-6-15(22)7-14/h4-7,12-13,16,26H,8-11H2,1-3H3,(H,23,24,27). The van der Waals surface area contributed by atoms with Crippen LogP contribution < -0.4 is 5.56 Å². The Morgan fingerprint density at radius 1 is 1.34 bits per heavy atom. The van der Waals surface area contributed by atoms with Crippen molar-refractivity contribution in [2.24, 2.45) is 5.92 Å². The molecular weight excluding hydrogens is 410 g/mol. The minimum atomic E-state index is -0.592. The maximum absolute atomic E-state index is 12.9. The van der Waals surface area contributed by atoms with Crippen LogP contribution in [0.1, 0.15) is 19.7 Å². The van der Waals surface area contributed by atoms with Gasteiger partial charge in [0.1, 0.15) is 10.7 Å². The maximum atomic E-state index is 12.9. The van der Waals surface area contributed by atoms with Crippen molar-refractivity contribution in [3.8, 4) is 11.1 Å². The third-order valence-electron chi connectivity index (χ3n) is 4.45. The molecular formula is C21H26ClN3O3S. The van der Waals surface area contributed by atoms with E-state index in [9.17, 15) is 9.90 Å². The Labute approximate surface area is 179 Å². The number of fused-ring (bicyclic) bond motifs is 1. The van der Waals surface area contributed by atoms with Gasteiger partial charge < -0.3 is 14.8 Å². The molecule has 1 unspecified atom stereocenters. The first kappa shape index (κ1) is 21.9. The summed E-state index contributed by atoms with van der Waals surface area (Å²) in [7, 11) is 1.57. The van der Waals surface area contributed by atoms with Crippen molar-refractivity contribution in [3.05, 3.63) is 50.8 Å². The second-order valence-electron chi connectivity index (χ2n) is 7.55. The molecule has 0 aliphatic heterocycles. The van der Waals surface area contributed by atoms with Crippen molar-refractivity contribution < 1.29 is 9.84 Å². The topological polar surface area (TPSA) is 78.5 Å². The molecule has 29 heavy (non-hydrogen) atoms. The number of aliphatic hydroxyl groups is 1. The van der Waals surface area contributed by atoms with E-state index in [4.69, 9.17) is 16.3 Å². The van der Waals surface area contributed by atoms with Crippen LogP contribution >= 0.6 is 22.9 Å². The molecule has 0 bridgehead atoms. The smallest absolute Gasteiger partial charge is 0.260 e. The van der Waals surface area contributed by atoms with Gasteiger partial charge in [-0.1, -0.05) is 37.6 Å². The van der Waals surface area contributed by atoms with Crippen molar-refractivity contribution in [2.75, 3.05) is 26.8 Å². The third kappa shape index (κ3) is 5.65. The number of aliphatic hydroxyl groups excluding tert-OH is 1. The van der Waals surface area contributed by atoms with Gasteiger partial charge in [-0.25, -0.2) is 4.98 Å². The minimum Gasteiger partial charge on any atom is -0.389 e. The van der Waals surface area contributed by atoms with Crippen molar-refractivity contribution in [1.82, 2.24) is 14.9 Å². The quantitative estimate of drug-likeness (QED) is 0.535. The van der Waals surface area contributed by atoms with Crippen LogP contribution in [0.15, 0.2) is 34.4 Å². The summed E-state index contributed by atoms with van der Waals surface area (Å²) in [6.45, 7) is 6.18. The average molecular weight is 436 g/mol. The van der Waals surface area contributed by atoms with Gasteiger partial charge in [0.05, 0.1) is 24.6 Å². The first-order valence-corrected chi connectivity index (χ1v) is 10.8. The molecule has 0 radical (unpaired) electrons. The summed E-state index contributed by atoms with van der Waals surface area (Å²) in [5.74, 6) is 1.00. The number of rotatable bonds is 9. The molecule has 3 aromatic rings. The van der Waals surface area contributed by atoms with E-state index in [2.05, 4.69) is 28.7 Å². The number of methoxy groups -OCH3 is 1. The number of aromatic amines is 1. The molecule has 8 heteroatoms. The fourth-order valence-corrected chi connectivity index (χ4v) is 4.57. The second-order valence-corrected chi connectivity index (χ2v) is 8.84. The van der Waals surface area contributed by atoms with Crippen LogP contribution in [-0.2, 0) is 11.3 Å². The van der Waals surface area contributed by atoms with Crippen molar-refractivity contribution in [3.63, 3.8) is 0 Å². The molecule has 0 aliphatic rings. The number of benzene rings is 1. The van der Waals surface area contributed by atoms with E-state index in [1.165, 1.54) is 11.3 Å². The largest absolute Gasteiger partial charge is 0.389 e. The highest BCUT2D eigenvalue weighted by Gasteiger charge is 2.17. The Hall–Kier alpha value is -1.77. The molecule has 3 rings (SSSR count). The lowest BCUT2D eigenvalue weighted by molar-refractivity contribution is 0.0325. The van der Waals surface area contributed by atoms with E-state index >= 15 is 0 Å². The molecule has 0 fully saturated rings. The number of nitrogens with one attached hydrogen (secondary N) is 1. The maximum Gasteiger partial charge on any atom is 0.260 e. The molecule has 6 nitrogen and oxygen atoms in total. The number of hydrogen-bond donors (Lipinski definition) is 2. The monoisotopic (exact) mass is 435 g/mol. The highest BCUT2D eigenvalue weighted by molar-refractivity contribution is 7.17. The predicted molar refractivity (Wildman–Crippen MR) is 119 cm³/mol. The number of aromatic nitrogens is 2. The van der Waals surface area contributed by atoms with Gasteiger partial charge in [-0.3, -0.25) is 9.69 Å². The third-order valence-corrected chi connectivity index (χ3v) is 5.56. The summed E-state index contributed by atoms with van der Waals surface area (Å²) in [6.07, 6.45) is -0.592. The lowest BCUT2D eigenvalue weighted by Crippen LogP contribution is -2.37. The second kappa shape index (κ2) is 9.82. The summed E-state index contributed by atoms with van der Waals surface area (Å²) in [4.78, 5) is 23.2. The number of nitrogens with zero attached hydrogens (tertiary/aromatic N) is 2. The lowest BCUT2D eigenvalue weighted by Gasteiger charge is -2.26. The number of ether oxygens (including phenoxy) is 1. The summed E-state index contributed by atoms with van der Waals surface area (Å²) < 4.78 is 5.03. The van der Waals surface area contributed by atoms with Gasteiger partial charge in [0.2, 0.25) is 0 Å². The van der Waals surface area contributed by atoms with Gasteiger partial charge in [-0.2, -0.15) is 0 Å². The Balaban J connectivity index is 1.89. The average Bonchev–Trinajstić information content (AvgIpc) is 3.05. The van der Waals surface area contributed by atoms with Crippen LogP contribution in [0.3, 0.4) is 0 Å². The van der Waals surface area contributed by atoms with Crippen LogP contribution in [0.5, 0.6) is 0 Å². The van der Waals surface area contributed by atoms with Crippen LogP contribution in [0.2, 0.25) is 5.02 Å². The Morgan fingerprint density at radius 3 is 2.83 bits per heavy atom. The van der Waals surface area contributed by atoms with E-state index in [0.717, 1.165) is 17.7 Å². The van der Waals surface area contributed by atoms with E-state index in [1.54, 1.807) is 7.11 Å². The number of halogens is 1. The summed E-state index contributed by atoms with van der Waals surface area (Å²) in [6, 6.07) is 7.45. The van der Waals surface area contributed by atoms with Crippen LogP contribution in [0, 0.1) is 5.92 Å². The molecule has 156 valence electrons. The molecule has 0 amide bonds. The van der Waals surface area contributed by atoms with Gasteiger partial charge in [0.15, 0.2) is 0 Å². The summed E-state index contributed by atoms with van der Waals surface area (Å²) in [5, 5.41) is 13.3. The number of thiophene rings is 1. The van der Waals surface area contributed by atoms with Crippen molar-refractivity contribution in [1.29, 1.82) is 0 Å². The first-order valence-electron chi connectivity index (χ1n) is 9.53. The molecule has 2 aromatic heterocycles. The molecule has 0 saturated carbocycles. The fourth-order valence-electron chi connectivity index (χ4n) is 3.41. The lowest BCUT2D eigenvalue weighted by atomic mass is 10.1. The van der Waals surface area contributed by atoms with Crippen molar-refractivity contribution in [2.45, 2.75) is 26.5 Å². The molecule has 0 aliphatic carbocycles. The van der Waals surface area contributed by atoms with E-state index in [1.807, 2.05) is 29.6 Å². The van der Waals surface area contributed by atoms with Crippen LogP contribution in [-0.4, -0.2) is 52.9 Å². The van der Waals surface area contributed by atoms with Gasteiger partial charge in [0, 0.05) is 36.2 Å². The Morgan fingerprint density at radius 2 is 2.14 bits per heavy atom. The first-order chi connectivity index (χ1) is 13.9. The van der Waals surface area contributed by atoms with E-state index in [0.29, 0.717) is 40.1 Å². The zero-order valence-corrected chi connectivity index (χ0v) is 18.4. The molecule has 0 spiro atoms. The molecule has 2 heterocycles. The molecule has 0 saturated heterocycles. The zero-order valence-electron chi connectivity index (χ0n) is 16.8. The number of H-pyrrole nitrogens is 1. The van der Waals surface area contributed by atoms with Crippen LogP contribution in [0.4, 0.5) is 0 Å². The zero-order chi connectivity index (χ0) is 21.0. The molecule has 1 atom stereocenters. The molecule has 2 N–H and O–H groups in total. The van der Waals surface area contributed by atoms with E-state index < -0.39 is 6.10 Å². The van der Waals surface area contributed by atoms with Gasteiger partial charge in [-0.15, -0.1) is 11.3 Å². The summed E-state index contributed by atoms with van der Waals surface area (Å²) >= 11 is 7.55. The fraction of sp³-hybridized carbons (Fsp3) is 0.429. The van der Waals surface area contributed by atoms with Gasteiger partial charge in [-0.05, 0) is 23.6 Å². The van der Waals surface area contributed by atoms with Gasteiger partial charge >= 0.3 is 0 Å².